The molecule has 2 aromatic carbocycles. The van der Waals surface area contributed by atoms with Crippen molar-refractivity contribution in [3.8, 4) is 0 Å². The molecule has 6 nitrogen and oxygen atoms in total. The highest BCUT2D eigenvalue weighted by Gasteiger charge is 2.49. The Balaban J connectivity index is 1.53. The summed E-state index contributed by atoms with van der Waals surface area (Å²) in [5.41, 5.74) is 3.73. The lowest BCUT2D eigenvalue weighted by atomic mass is 9.63. The number of hydrogen-bond acceptors (Lipinski definition) is 4. The second-order valence-electron chi connectivity index (χ2n) is 8.21. The summed E-state index contributed by atoms with van der Waals surface area (Å²) in [7, 11) is -3.66. The van der Waals surface area contributed by atoms with E-state index in [1.807, 2.05) is 6.07 Å². The van der Waals surface area contributed by atoms with Crippen molar-refractivity contribution in [3.63, 3.8) is 0 Å². The van der Waals surface area contributed by atoms with Gasteiger partial charge in [0.15, 0.2) is 0 Å². The number of sulfonamides is 1. The molecule has 0 spiro atoms. The predicted molar refractivity (Wildman–Crippen MR) is 127 cm³/mol. The fraction of sp³-hybridized carbons (Fsp3) is 0.348. The topological polar surface area (TPSA) is 87.3 Å². The number of anilines is 2. The number of hydrogen-bond donors (Lipinski definition) is 3. The SMILES string of the molecule is C=C1CCC[C@@H]2Nc3ccc(Br)cc3[C@]12CCNS(=O)(=O)c1ccc(NC(C)=O)cc1. The van der Waals surface area contributed by atoms with Gasteiger partial charge < -0.3 is 10.6 Å². The number of amides is 1. The minimum atomic E-state index is -3.66. The molecule has 1 aliphatic carbocycles. The van der Waals surface area contributed by atoms with E-state index in [-0.39, 0.29) is 22.3 Å². The van der Waals surface area contributed by atoms with E-state index < -0.39 is 10.0 Å². The molecule has 164 valence electrons. The van der Waals surface area contributed by atoms with E-state index >= 15 is 0 Å². The summed E-state index contributed by atoms with van der Waals surface area (Å²) in [4.78, 5) is 11.3. The van der Waals surface area contributed by atoms with Crippen molar-refractivity contribution in [2.45, 2.75) is 49.0 Å². The van der Waals surface area contributed by atoms with Gasteiger partial charge in [-0.25, -0.2) is 13.1 Å². The Morgan fingerprint density at radius 3 is 2.71 bits per heavy atom. The number of carbonyl (C=O) groups excluding carboxylic acids is 1. The first-order chi connectivity index (χ1) is 14.7. The van der Waals surface area contributed by atoms with Gasteiger partial charge in [-0.05, 0) is 73.7 Å². The Bertz CT molecular complexity index is 1130. The highest BCUT2D eigenvalue weighted by atomic mass is 79.9. The summed E-state index contributed by atoms with van der Waals surface area (Å²) >= 11 is 3.58. The van der Waals surface area contributed by atoms with Crippen LogP contribution in [-0.2, 0) is 20.2 Å². The number of nitrogens with one attached hydrogen (secondary N) is 3. The predicted octanol–water partition coefficient (Wildman–Crippen LogP) is 4.55. The van der Waals surface area contributed by atoms with E-state index in [0.29, 0.717) is 18.7 Å². The zero-order valence-electron chi connectivity index (χ0n) is 17.4. The number of rotatable bonds is 6. The van der Waals surface area contributed by atoms with E-state index in [9.17, 15) is 13.2 Å². The number of halogens is 1. The molecule has 2 atom stereocenters. The minimum absolute atomic E-state index is 0.172. The Kier molecular flexibility index (Phi) is 5.98. The van der Waals surface area contributed by atoms with Crippen molar-refractivity contribution >= 4 is 43.2 Å². The van der Waals surface area contributed by atoms with Crippen molar-refractivity contribution in [1.82, 2.24) is 4.72 Å². The lowest BCUT2D eigenvalue weighted by Crippen LogP contribution is -2.45. The zero-order valence-corrected chi connectivity index (χ0v) is 19.8. The lowest BCUT2D eigenvalue weighted by Gasteiger charge is -2.42. The first kappa shape index (κ1) is 22.0. The smallest absolute Gasteiger partial charge is 0.240 e. The molecule has 2 aliphatic rings. The highest BCUT2D eigenvalue weighted by Crippen LogP contribution is 2.53. The van der Waals surface area contributed by atoms with Crippen LogP contribution in [0.3, 0.4) is 0 Å². The average Bonchev–Trinajstić information content (AvgIpc) is 3.03. The molecule has 3 N–H and O–H groups in total. The molecule has 0 saturated heterocycles. The molecule has 1 aliphatic heterocycles. The van der Waals surface area contributed by atoms with Crippen LogP contribution in [0.2, 0.25) is 0 Å². The molecule has 0 unspecified atom stereocenters. The Labute approximate surface area is 191 Å². The summed E-state index contributed by atoms with van der Waals surface area (Å²) in [6.07, 6.45) is 3.69. The van der Waals surface area contributed by atoms with Gasteiger partial charge in [0.05, 0.1) is 4.90 Å². The zero-order chi connectivity index (χ0) is 22.2. The number of benzene rings is 2. The van der Waals surface area contributed by atoms with Crippen LogP contribution in [0.25, 0.3) is 0 Å². The molecule has 1 amide bonds. The van der Waals surface area contributed by atoms with Gasteiger partial charge in [0.2, 0.25) is 15.9 Å². The van der Waals surface area contributed by atoms with E-state index in [1.165, 1.54) is 24.6 Å². The molecule has 0 radical (unpaired) electrons. The van der Waals surface area contributed by atoms with Crippen LogP contribution >= 0.6 is 15.9 Å². The molecule has 31 heavy (non-hydrogen) atoms. The maximum Gasteiger partial charge on any atom is 0.240 e. The van der Waals surface area contributed by atoms with Crippen LogP contribution < -0.4 is 15.4 Å². The summed E-state index contributed by atoms with van der Waals surface area (Å²) in [5, 5.41) is 6.28. The van der Waals surface area contributed by atoms with Crippen LogP contribution in [0.1, 0.15) is 38.2 Å². The quantitative estimate of drug-likeness (QED) is 0.504. The lowest BCUT2D eigenvalue weighted by molar-refractivity contribution is -0.114. The van der Waals surface area contributed by atoms with Crippen molar-refractivity contribution in [2.75, 3.05) is 17.2 Å². The highest BCUT2D eigenvalue weighted by molar-refractivity contribution is 9.10. The van der Waals surface area contributed by atoms with Crippen molar-refractivity contribution in [3.05, 3.63) is 64.7 Å². The maximum atomic E-state index is 12.8. The molecular weight excluding hydrogens is 478 g/mol. The summed E-state index contributed by atoms with van der Waals surface area (Å²) in [6, 6.07) is 12.6. The van der Waals surface area contributed by atoms with Crippen molar-refractivity contribution in [2.24, 2.45) is 0 Å². The molecule has 1 fully saturated rings. The van der Waals surface area contributed by atoms with E-state index in [2.05, 4.69) is 50.0 Å². The third-order valence-corrected chi connectivity index (χ3v) is 8.26. The summed E-state index contributed by atoms with van der Waals surface area (Å²) in [5.74, 6) is -0.202. The molecule has 0 aromatic heterocycles. The average molecular weight is 504 g/mol. The van der Waals surface area contributed by atoms with Crippen LogP contribution in [0.4, 0.5) is 11.4 Å². The normalized spacial score (nSPS) is 22.4. The minimum Gasteiger partial charge on any atom is -0.381 e. The second-order valence-corrected chi connectivity index (χ2v) is 10.9. The van der Waals surface area contributed by atoms with Gasteiger partial charge in [-0.1, -0.05) is 28.1 Å². The molecule has 0 bridgehead atoms. The molecular formula is C23H26BrN3O3S. The Morgan fingerprint density at radius 2 is 2.00 bits per heavy atom. The molecule has 1 heterocycles. The molecule has 4 rings (SSSR count). The largest absolute Gasteiger partial charge is 0.381 e. The number of fused-ring (bicyclic) bond motifs is 3. The Morgan fingerprint density at radius 1 is 1.26 bits per heavy atom. The van der Waals surface area contributed by atoms with Crippen LogP contribution in [0.15, 0.2) is 64.0 Å². The molecule has 2 aromatic rings. The van der Waals surface area contributed by atoms with Gasteiger partial charge in [0.25, 0.3) is 0 Å². The fourth-order valence-electron chi connectivity index (χ4n) is 4.88. The third-order valence-electron chi connectivity index (χ3n) is 6.29. The first-order valence-corrected chi connectivity index (χ1v) is 12.6. The monoisotopic (exact) mass is 503 g/mol. The third kappa shape index (κ3) is 4.16. The van der Waals surface area contributed by atoms with Gasteiger partial charge in [-0.15, -0.1) is 0 Å². The van der Waals surface area contributed by atoms with Crippen LogP contribution in [-0.4, -0.2) is 26.9 Å². The Hall–Kier alpha value is -2.16. The van der Waals surface area contributed by atoms with Gasteiger partial charge in [-0.3, -0.25) is 4.79 Å². The molecule has 8 heteroatoms. The van der Waals surface area contributed by atoms with Gasteiger partial charge >= 0.3 is 0 Å². The van der Waals surface area contributed by atoms with Gasteiger partial charge in [0, 0.05) is 40.8 Å². The maximum absolute atomic E-state index is 12.8. The summed E-state index contributed by atoms with van der Waals surface area (Å²) in [6.45, 7) is 6.11. The van der Waals surface area contributed by atoms with Crippen molar-refractivity contribution < 1.29 is 13.2 Å². The van der Waals surface area contributed by atoms with Crippen LogP contribution in [0, 0.1) is 0 Å². The standard InChI is InChI=1S/C23H26BrN3O3S/c1-15-4-3-5-22-23(15,20-14-17(24)6-11-21(20)27-22)12-13-25-31(29,30)19-9-7-18(8-10-19)26-16(2)28/h6-11,14,22,25,27H,1,3-5,12-13H2,2H3,(H,26,28)/t22-,23-/m0/s1. The first-order valence-electron chi connectivity index (χ1n) is 10.3. The molecule has 1 saturated carbocycles. The van der Waals surface area contributed by atoms with E-state index in [4.69, 9.17) is 0 Å². The second kappa shape index (κ2) is 8.41. The fourth-order valence-corrected chi connectivity index (χ4v) is 6.27. The van der Waals surface area contributed by atoms with Gasteiger partial charge in [0.1, 0.15) is 0 Å². The van der Waals surface area contributed by atoms with E-state index in [0.717, 1.165) is 35.0 Å². The summed E-state index contributed by atoms with van der Waals surface area (Å²) < 4.78 is 29.4. The van der Waals surface area contributed by atoms with Crippen molar-refractivity contribution in [1.29, 1.82) is 0 Å². The van der Waals surface area contributed by atoms with Crippen LogP contribution in [0.5, 0.6) is 0 Å². The van der Waals surface area contributed by atoms with E-state index in [1.54, 1.807) is 12.1 Å². The number of carbonyl (C=O) groups is 1. The van der Waals surface area contributed by atoms with Gasteiger partial charge in [-0.2, -0.15) is 0 Å².